The van der Waals surface area contributed by atoms with E-state index in [-0.39, 0.29) is 0 Å². The molecule has 17 heavy (non-hydrogen) atoms. The average Bonchev–Trinajstić information content (AvgIpc) is 2.27. The van der Waals surface area contributed by atoms with Gasteiger partial charge in [-0.3, -0.25) is 0 Å². The zero-order valence-corrected chi connectivity index (χ0v) is 12.5. The summed E-state index contributed by atoms with van der Waals surface area (Å²) >= 11 is 12.8. The fourth-order valence-corrected chi connectivity index (χ4v) is 2.52. The molecule has 3 nitrogen and oxygen atoms in total. The monoisotopic (exact) mass is 375 g/mol. The predicted molar refractivity (Wildman–Crippen MR) is 78.8 cm³/mol. The molecular weight excluding hydrogens is 369 g/mol. The Hall–Kier alpha value is -0.780. The Kier molecular flexibility index (Phi) is 3.91. The van der Waals surface area contributed by atoms with Crippen molar-refractivity contribution in [3.8, 4) is 0 Å². The first kappa shape index (κ1) is 12.7. The second kappa shape index (κ2) is 5.25. The summed E-state index contributed by atoms with van der Waals surface area (Å²) in [6.07, 6.45) is 1.70. The van der Waals surface area contributed by atoms with Crippen LogP contribution >= 0.6 is 43.5 Å². The molecule has 0 aliphatic heterocycles. The molecule has 2 rings (SSSR count). The maximum Gasteiger partial charge on any atom is 0.144 e. The van der Waals surface area contributed by atoms with Crippen LogP contribution in [0.2, 0.25) is 5.02 Å². The lowest BCUT2D eigenvalue weighted by Gasteiger charge is -2.10. The second-order valence-electron chi connectivity index (χ2n) is 3.35. The summed E-state index contributed by atoms with van der Waals surface area (Å²) < 4.78 is 1.74. The fourth-order valence-electron chi connectivity index (χ4n) is 1.27. The maximum atomic E-state index is 6.06. The molecule has 0 spiro atoms. The molecule has 0 unspecified atom stereocenters. The Morgan fingerprint density at radius 1 is 1.24 bits per heavy atom. The smallest absolute Gasteiger partial charge is 0.144 e. The van der Waals surface area contributed by atoms with E-state index in [4.69, 9.17) is 17.3 Å². The minimum absolute atomic E-state index is 0.593. The molecule has 3 N–H and O–H groups in total. The fraction of sp³-hybridized carbons (Fsp3) is 0. The molecule has 0 bridgehead atoms. The molecule has 0 atom stereocenters. The van der Waals surface area contributed by atoms with E-state index in [1.807, 2.05) is 6.07 Å². The summed E-state index contributed by atoms with van der Waals surface area (Å²) in [6.45, 7) is 0. The number of nitrogens with two attached hydrogens (primary N) is 1. The van der Waals surface area contributed by atoms with Crippen LogP contribution in [0.4, 0.5) is 17.2 Å². The number of rotatable bonds is 2. The van der Waals surface area contributed by atoms with Gasteiger partial charge in [0.15, 0.2) is 0 Å². The van der Waals surface area contributed by atoms with Gasteiger partial charge >= 0.3 is 0 Å². The largest absolute Gasteiger partial charge is 0.399 e. The van der Waals surface area contributed by atoms with Gasteiger partial charge in [0, 0.05) is 16.4 Å². The molecule has 0 saturated heterocycles. The van der Waals surface area contributed by atoms with Gasteiger partial charge in [0.1, 0.15) is 5.82 Å². The molecule has 0 aliphatic rings. The van der Waals surface area contributed by atoms with E-state index in [0.29, 0.717) is 16.5 Å². The minimum Gasteiger partial charge on any atom is -0.399 e. The summed E-state index contributed by atoms with van der Waals surface area (Å²) in [5.41, 5.74) is 7.07. The Morgan fingerprint density at radius 3 is 2.71 bits per heavy atom. The highest BCUT2D eigenvalue weighted by molar-refractivity contribution is 9.11. The Labute approximate surface area is 121 Å². The molecule has 0 radical (unpaired) electrons. The molecule has 0 saturated carbocycles. The van der Waals surface area contributed by atoms with E-state index in [2.05, 4.69) is 42.2 Å². The van der Waals surface area contributed by atoms with Crippen molar-refractivity contribution < 1.29 is 0 Å². The highest BCUT2D eigenvalue weighted by atomic mass is 79.9. The first-order valence-electron chi connectivity index (χ1n) is 4.69. The van der Waals surface area contributed by atoms with Gasteiger partial charge in [0.2, 0.25) is 0 Å². The van der Waals surface area contributed by atoms with E-state index >= 15 is 0 Å². The lowest BCUT2D eigenvalue weighted by Crippen LogP contribution is -1.96. The zero-order valence-electron chi connectivity index (χ0n) is 8.55. The molecule has 1 aromatic heterocycles. The molecule has 6 heteroatoms. The number of hydrogen-bond donors (Lipinski definition) is 2. The third-order valence-electron chi connectivity index (χ3n) is 2.05. The van der Waals surface area contributed by atoms with Gasteiger partial charge in [-0.05, 0) is 56.1 Å². The topological polar surface area (TPSA) is 50.9 Å². The van der Waals surface area contributed by atoms with Gasteiger partial charge in [0.05, 0.1) is 15.2 Å². The van der Waals surface area contributed by atoms with Crippen LogP contribution in [0.1, 0.15) is 0 Å². The standard InChI is InChI=1S/C11H8Br2ClN3/c12-6-3-8(13)11(16-5-6)17-10-4-7(15)1-2-9(10)14/h1-5H,15H2,(H,16,17). The van der Waals surface area contributed by atoms with Gasteiger partial charge in [-0.1, -0.05) is 11.6 Å². The summed E-state index contributed by atoms with van der Waals surface area (Å²) in [6, 6.07) is 7.15. The molecule has 1 aromatic carbocycles. The highest BCUT2D eigenvalue weighted by Gasteiger charge is 2.06. The van der Waals surface area contributed by atoms with Crippen molar-refractivity contribution >= 4 is 60.7 Å². The van der Waals surface area contributed by atoms with Crippen LogP contribution in [-0.2, 0) is 0 Å². The van der Waals surface area contributed by atoms with Crippen LogP contribution in [-0.4, -0.2) is 4.98 Å². The third-order valence-corrected chi connectivity index (χ3v) is 3.42. The molecule has 0 fully saturated rings. The summed E-state index contributed by atoms with van der Waals surface area (Å²) in [5, 5.41) is 3.71. The molecule has 1 heterocycles. The van der Waals surface area contributed by atoms with Crippen molar-refractivity contribution in [3.63, 3.8) is 0 Å². The van der Waals surface area contributed by atoms with Crippen molar-refractivity contribution in [2.24, 2.45) is 0 Å². The number of nitrogens with one attached hydrogen (secondary N) is 1. The zero-order chi connectivity index (χ0) is 12.4. The SMILES string of the molecule is Nc1ccc(Cl)c(Nc2ncc(Br)cc2Br)c1. The lowest BCUT2D eigenvalue weighted by molar-refractivity contribution is 1.27. The van der Waals surface area contributed by atoms with E-state index < -0.39 is 0 Å². The van der Waals surface area contributed by atoms with Crippen LogP contribution in [0.3, 0.4) is 0 Å². The maximum absolute atomic E-state index is 6.06. The summed E-state index contributed by atoms with van der Waals surface area (Å²) in [7, 11) is 0. The lowest BCUT2D eigenvalue weighted by atomic mass is 10.3. The summed E-state index contributed by atoms with van der Waals surface area (Å²) in [4.78, 5) is 4.24. The van der Waals surface area contributed by atoms with E-state index in [1.165, 1.54) is 0 Å². The van der Waals surface area contributed by atoms with Crippen molar-refractivity contribution in [1.82, 2.24) is 4.98 Å². The van der Waals surface area contributed by atoms with Gasteiger partial charge in [0.25, 0.3) is 0 Å². The molecule has 2 aromatic rings. The number of aromatic nitrogens is 1. The first-order valence-corrected chi connectivity index (χ1v) is 6.66. The molecular formula is C11H8Br2ClN3. The van der Waals surface area contributed by atoms with Gasteiger partial charge in [-0.25, -0.2) is 4.98 Å². The van der Waals surface area contributed by atoms with Crippen molar-refractivity contribution in [2.75, 3.05) is 11.1 Å². The summed E-state index contributed by atoms with van der Waals surface area (Å²) in [5.74, 6) is 0.681. The Morgan fingerprint density at radius 2 is 2.00 bits per heavy atom. The van der Waals surface area contributed by atoms with Crippen LogP contribution < -0.4 is 11.1 Å². The molecule has 0 aliphatic carbocycles. The number of benzene rings is 1. The Balaban J connectivity index is 2.34. The van der Waals surface area contributed by atoms with Crippen molar-refractivity contribution in [1.29, 1.82) is 0 Å². The normalized spacial score (nSPS) is 10.3. The number of anilines is 3. The van der Waals surface area contributed by atoms with Gasteiger partial charge in [-0.2, -0.15) is 0 Å². The van der Waals surface area contributed by atoms with Crippen molar-refractivity contribution in [2.45, 2.75) is 0 Å². The van der Waals surface area contributed by atoms with Gasteiger partial charge < -0.3 is 11.1 Å². The van der Waals surface area contributed by atoms with E-state index in [0.717, 1.165) is 14.6 Å². The van der Waals surface area contributed by atoms with Crippen LogP contribution in [0.5, 0.6) is 0 Å². The number of nitrogen functional groups attached to an aromatic ring is 1. The van der Waals surface area contributed by atoms with Gasteiger partial charge in [-0.15, -0.1) is 0 Å². The first-order chi connectivity index (χ1) is 8.06. The number of hydrogen-bond acceptors (Lipinski definition) is 3. The van der Waals surface area contributed by atoms with Crippen LogP contribution in [0.25, 0.3) is 0 Å². The van der Waals surface area contributed by atoms with Crippen LogP contribution in [0, 0.1) is 0 Å². The average molecular weight is 377 g/mol. The quantitative estimate of drug-likeness (QED) is 0.753. The highest BCUT2D eigenvalue weighted by Crippen LogP contribution is 2.30. The van der Waals surface area contributed by atoms with E-state index in [9.17, 15) is 0 Å². The van der Waals surface area contributed by atoms with Crippen molar-refractivity contribution in [3.05, 3.63) is 44.4 Å². The Bertz CT molecular complexity index is 560. The minimum atomic E-state index is 0.593. The molecule has 88 valence electrons. The molecule has 0 amide bonds. The predicted octanol–water partition coefficient (Wildman–Crippen LogP) is 4.59. The van der Waals surface area contributed by atoms with E-state index in [1.54, 1.807) is 24.4 Å². The second-order valence-corrected chi connectivity index (χ2v) is 5.53. The number of nitrogens with zero attached hydrogens (tertiary/aromatic N) is 1. The third kappa shape index (κ3) is 3.12. The van der Waals surface area contributed by atoms with Crippen LogP contribution in [0.15, 0.2) is 39.4 Å². The number of halogens is 3. The number of pyridine rings is 1.